The molecule has 8 nitrogen and oxygen atoms in total. The molecule has 3 amide bonds. The van der Waals surface area contributed by atoms with Crippen LogP contribution in [0.5, 0.6) is 0 Å². The van der Waals surface area contributed by atoms with Crippen LogP contribution in [-0.2, 0) is 9.59 Å². The highest BCUT2D eigenvalue weighted by Gasteiger charge is 2.36. The molecule has 0 aliphatic carbocycles. The van der Waals surface area contributed by atoms with Crippen molar-refractivity contribution >= 4 is 46.1 Å². The number of hydrogen-bond donors (Lipinski definition) is 2. The molecule has 1 aliphatic rings. The van der Waals surface area contributed by atoms with Crippen LogP contribution in [0.25, 0.3) is 0 Å². The summed E-state index contributed by atoms with van der Waals surface area (Å²) in [5.74, 6) is -0.609. The number of anilines is 2. The SMILES string of the molecule is Cc1cccc(NC(=O)N[C@@H]2N=C(c3nccs3)c3ccccc3N(CC(=O)C(C)(C)C)C2=O)c1. The Labute approximate surface area is 208 Å². The summed E-state index contributed by atoms with van der Waals surface area (Å²) in [6.45, 7) is 7.21. The number of ketones is 1. The molecule has 0 radical (unpaired) electrons. The quantitative estimate of drug-likeness (QED) is 0.554. The van der Waals surface area contributed by atoms with Crippen LogP contribution in [0.1, 0.15) is 36.9 Å². The standard InChI is InChI=1S/C26H27N5O3S/c1-16-8-7-9-17(14-16)28-25(34)30-22-24(33)31(15-20(32)26(2,3)4)19-11-6-5-10-18(19)21(29-22)23-27-12-13-35-23/h5-14,22H,15H2,1-4H3,(H2,28,30,34)/t22-/m0/s1. The molecule has 0 saturated carbocycles. The molecule has 2 aromatic carbocycles. The lowest BCUT2D eigenvalue weighted by Gasteiger charge is -2.28. The number of Topliss-reactive ketones (excluding diaryl/α,β-unsaturated/α-hetero) is 1. The minimum Gasteiger partial charge on any atom is -0.308 e. The van der Waals surface area contributed by atoms with E-state index < -0.39 is 23.5 Å². The number of hydrogen-bond acceptors (Lipinski definition) is 6. The number of carbonyl (C=O) groups excluding carboxylic acids is 3. The lowest BCUT2D eigenvalue weighted by atomic mass is 9.90. The molecule has 3 aromatic rings. The number of aliphatic imine (C=N–C) groups is 1. The van der Waals surface area contributed by atoms with E-state index in [2.05, 4.69) is 20.6 Å². The highest BCUT2D eigenvalue weighted by Crippen LogP contribution is 2.30. The molecule has 0 bridgehead atoms. The van der Waals surface area contributed by atoms with Gasteiger partial charge in [0.1, 0.15) is 10.7 Å². The average molecular weight is 490 g/mol. The third kappa shape index (κ3) is 5.46. The zero-order valence-electron chi connectivity index (χ0n) is 20.0. The van der Waals surface area contributed by atoms with Crippen molar-refractivity contribution in [3.63, 3.8) is 0 Å². The van der Waals surface area contributed by atoms with E-state index in [1.54, 1.807) is 24.4 Å². The van der Waals surface area contributed by atoms with Crippen LogP contribution in [0.2, 0.25) is 0 Å². The number of benzene rings is 2. The number of thiazole rings is 1. The van der Waals surface area contributed by atoms with Gasteiger partial charge in [-0.2, -0.15) is 0 Å². The summed E-state index contributed by atoms with van der Waals surface area (Å²) in [6.07, 6.45) is 0.407. The van der Waals surface area contributed by atoms with Gasteiger partial charge in [-0.15, -0.1) is 11.3 Å². The molecular formula is C26H27N5O3S. The van der Waals surface area contributed by atoms with E-state index in [1.807, 2.05) is 63.4 Å². The number of amides is 3. The van der Waals surface area contributed by atoms with Crippen molar-refractivity contribution in [3.8, 4) is 0 Å². The van der Waals surface area contributed by atoms with Gasteiger partial charge >= 0.3 is 6.03 Å². The number of aromatic nitrogens is 1. The Balaban J connectivity index is 1.73. The van der Waals surface area contributed by atoms with Crippen molar-refractivity contribution in [2.45, 2.75) is 33.9 Å². The molecule has 2 N–H and O–H groups in total. The van der Waals surface area contributed by atoms with E-state index in [1.165, 1.54) is 16.2 Å². The summed E-state index contributed by atoms with van der Waals surface area (Å²) in [7, 11) is 0. The van der Waals surface area contributed by atoms with Crippen molar-refractivity contribution in [2.75, 3.05) is 16.8 Å². The second-order valence-electron chi connectivity index (χ2n) is 9.30. The summed E-state index contributed by atoms with van der Waals surface area (Å²) in [5, 5.41) is 7.87. The topological polar surface area (TPSA) is 104 Å². The van der Waals surface area contributed by atoms with E-state index >= 15 is 0 Å². The second kappa shape index (κ2) is 9.79. The fourth-order valence-corrected chi connectivity index (χ4v) is 4.24. The first-order valence-electron chi connectivity index (χ1n) is 11.2. The van der Waals surface area contributed by atoms with Gasteiger partial charge in [0, 0.05) is 28.2 Å². The third-order valence-electron chi connectivity index (χ3n) is 5.52. The Bertz CT molecular complexity index is 1290. The fourth-order valence-electron chi connectivity index (χ4n) is 3.59. The van der Waals surface area contributed by atoms with E-state index in [-0.39, 0.29) is 12.3 Å². The zero-order chi connectivity index (χ0) is 25.2. The Hall–Kier alpha value is -3.85. The Kier molecular flexibility index (Phi) is 6.79. The van der Waals surface area contributed by atoms with Gasteiger partial charge in [-0.1, -0.05) is 51.1 Å². The number of urea groups is 1. The van der Waals surface area contributed by atoms with Crippen molar-refractivity contribution in [2.24, 2.45) is 10.4 Å². The molecule has 180 valence electrons. The summed E-state index contributed by atoms with van der Waals surface area (Å²) in [4.78, 5) is 50.0. The van der Waals surface area contributed by atoms with E-state index in [0.717, 1.165) is 5.56 Å². The molecule has 1 atom stereocenters. The van der Waals surface area contributed by atoms with Crippen molar-refractivity contribution in [1.29, 1.82) is 0 Å². The van der Waals surface area contributed by atoms with Crippen LogP contribution in [0.3, 0.4) is 0 Å². The highest BCUT2D eigenvalue weighted by molar-refractivity contribution is 7.12. The fraction of sp³-hybridized carbons (Fsp3) is 0.269. The first-order chi connectivity index (χ1) is 16.6. The smallest absolute Gasteiger partial charge is 0.308 e. The molecular weight excluding hydrogens is 462 g/mol. The first-order valence-corrected chi connectivity index (χ1v) is 12.1. The van der Waals surface area contributed by atoms with Gasteiger partial charge < -0.3 is 15.5 Å². The molecule has 0 fully saturated rings. The van der Waals surface area contributed by atoms with Crippen LogP contribution in [-0.4, -0.2) is 41.1 Å². The number of nitrogens with zero attached hydrogens (tertiary/aromatic N) is 3. The van der Waals surface area contributed by atoms with Crippen LogP contribution in [0.15, 0.2) is 65.1 Å². The summed E-state index contributed by atoms with van der Waals surface area (Å²) in [5.41, 5.74) is 2.63. The number of carbonyl (C=O) groups is 3. The number of aryl methyl sites for hydroxylation is 1. The van der Waals surface area contributed by atoms with Gasteiger partial charge in [-0.25, -0.2) is 14.8 Å². The lowest BCUT2D eigenvalue weighted by molar-refractivity contribution is -0.127. The number of rotatable bonds is 5. The molecule has 0 saturated heterocycles. The number of benzodiazepines with no additional fused rings is 1. The summed E-state index contributed by atoms with van der Waals surface area (Å²) < 4.78 is 0. The van der Waals surface area contributed by atoms with E-state index in [0.29, 0.717) is 27.7 Å². The summed E-state index contributed by atoms with van der Waals surface area (Å²) >= 11 is 1.38. The van der Waals surface area contributed by atoms with Crippen LogP contribution < -0.4 is 15.5 Å². The molecule has 1 aliphatic heterocycles. The van der Waals surface area contributed by atoms with E-state index in [9.17, 15) is 14.4 Å². The first kappa shape index (κ1) is 24.3. The number of fused-ring (bicyclic) bond motifs is 1. The van der Waals surface area contributed by atoms with E-state index in [4.69, 9.17) is 0 Å². The lowest BCUT2D eigenvalue weighted by Crippen LogP contribution is -2.50. The number of para-hydroxylation sites is 1. The van der Waals surface area contributed by atoms with Gasteiger partial charge in [-0.3, -0.25) is 9.59 Å². The van der Waals surface area contributed by atoms with Crippen molar-refractivity contribution in [1.82, 2.24) is 10.3 Å². The van der Waals surface area contributed by atoms with Gasteiger partial charge in [0.05, 0.1) is 12.2 Å². The maximum absolute atomic E-state index is 13.7. The molecule has 2 heterocycles. The highest BCUT2D eigenvalue weighted by atomic mass is 32.1. The van der Waals surface area contributed by atoms with Gasteiger partial charge in [0.2, 0.25) is 6.17 Å². The second-order valence-corrected chi connectivity index (χ2v) is 10.2. The largest absolute Gasteiger partial charge is 0.321 e. The molecule has 0 unspecified atom stereocenters. The van der Waals surface area contributed by atoms with Crippen LogP contribution in [0, 0.1) is 12.3 Å². The molecule has 0 spiro atoms. The molecule has 1 aromatic heterocycles. The predicted molar refractivity (Wildman–Crippen MR) is 138 cm³/mol. The van der Waals surface area contributed by atoms with Crippen LogP contribution in [0.4, 0.5) is 16.2 Å². The average Bonchev–Trinajstić information content (AvgIpc) is 3.30. The normalized spacial score (nSPS) is 15.7. The van der Waals surface area contributed by atoms with Gasteiger partial charge in [0.15, 0.2) is 5.78 Å². The van der Waals surface area contributed by atoms with Gasteiger partial charge in [-0.05, 0) is 30.7 Å². The Morgan fingerprint density at radius 1 is 1.11 bits per heavy atom. The van der Waals surface area contributed by atoms with Crippen molar-refractivity contribution in [3.05, 3.63) is 76.2 Å². The summed E-state index contributed by atoms with van der Waals surface area (Å²) in [6, 6.07) is 14.0. The zero-order valence-corrected chi connectivity index (χ0v) is 20.8. The third-order valence-corrected chi connectivity index (χ3v) is 6.30. The molecule has 9 heteroatoms. The van der Waals surface area contributed by atoms with Crippen molar-refractivity contribution < 1.29 is 14.4 Å². The Morgan fingerprint density at radius 2 is 1.89 bits per heavy atom. The Morgan fingerprint density at radius 3 is 2.57 bits per heavy atom. The minimum absolute atomic E-state index is 0.110. The van der Waals surface area contributed by atoms with Crippen LogP contribution >= 0.6 is 11.3 Å². The molecule has 35 heavy (non-hydrogen) atoms. The monoisotopic (exact) mass is 489 g/mol. The maximum atomic E-state index is 13.7. The number of nitrogens with one attached hydrogen (secondary N) is 2. The predicted octanol–water partition coefficient (Wildman–Crippen LogP) is 4.40. The molecule has 4 rings (SSSR count). The van der Waals surface area contributed by atoms with Gasteiger partial charge in [0.25, 0.3) is 5.91 Å². The maximum Gasteiger partial charge on any atom is 0.321 e. The minimum atomic E-state index is -1.25.